The maximum Gasteiger partial charge on any atom is 0.329 e. The van der Waals surface area contributed by atoms with Crippen LogP contribution in [0.25, 0.3) is 0 Å². The zero-order valence-electron chi connectivity index (χ0n) is 11.5. The number of rotatable bonds is 5. The molecule has 7 heteroatoms. The highest BCUT2D eigenvalue weighted by Crippen LogP contribution is 2.39. The number of hydrogen-bond donors (Lipinski definition) is 3. The first kappa shape index (κ1) is 15.8. The molecular formula is C14H16BrFN2O3. The molecular weight excluding hydrogens is 343 g/mol. The van der Waals surface area contributed by atoms with Crippen molar-refractivity contribution in [3.63, 3.8) is 0 Å². The second-order valence-electron chi connectivity index (χ2n) is 5.37. The molecule has 114 valence electrons. The Bertz CT molecular complexity index is 557. The SMILES string of the molecule is CC(NC(=O)NCc1cc(F)cc(Br)c1)(C(=O)O)C1CC1. The van der Waals surface area contributed by atoms with Crippen LogP contribution in [0.15, 0.2) is 22.7 Å². The van der Waals surface area contributed by atoms with E-state index < -0.39 is 23.4 Å². The van der Waals surface area contributed by atoms with E-state index >= 15 is 0 Å². The molecule has 0 aromatic heterocycles. The fraction of sp³-hybridized carbons (Fsp3) is 0.429. The summed E-state index contributed by atoms with van der Waals surface area (Å²) in [6, 6.07) is 3.73. The largest absolute Gasteiger partial charge is 0.480 e. The van der Waals surface area contributed by atoms with Crippen molar-refractivity contribution >= 4 is 27.9 Å². The fourth-order valence-corrected chi connectivity index (χ4v) is 2.68. The van der Waals surface area contributed by atoms with E-state index in [0.717, 1.165) is 12.8 Å². The lowest BCUT2D eigenvalue weighted by atomic mass is 9.96. The van der Waals surface area contributed by atoms with E-state index in [-0.39, 0.29) is 12.5 Å². The minimum atomic E-state index is -1.26. The van der Waals surface area contributed by atoms with Crippen LogP contribution in [0.5, 0.6) is 0 Å². The maximum atomic E-state index is 13.2. The van der Waals surface area contributed by atoms with Crippen LogP contribution in [0.1, 0.15) is 25.3 Å². The second kappa shape index (κ2) is 6.01. The average molecular weight is 359 g/mol. The molecule has 1 atom stereocenters. The van der Waals surface area contributed by atoms with Gasteiger partial charge in [0.15, 0.2) is 0 Å². The maximum absolute atomic E-state index is 13.2. The summed E-state index contributed by atoms with van der Waals surface area (Å²) in [4.78, 5) is 23.2. The molecule has 0 spiro atoms. The van der Waals surface area contributed by atoms with Crippen molar-refractivity contribution in [2.45, 2.75) is 31.8 Å². The summed E-state index contributed by atoms with van der Waals surface area (Å²) in [5.74, 6) is -1.49. The van der Waals surface area contributed by atoms with Gasteiger partial charge in [0, 0.05) is 11.0 Å². The molecule has 0 aliphatic heterocycles. The standard InChI is InChI=1S/C14H16BrFN2O3/c1-14(12(19)20,9-2-3-9)18-13(21)17-7-8-4-10(15)6-11(16)5-8/h4-6,9H,2-3,7H2,1H3,(H,19,20)(H2,17,18,21). The second-order valence-corrected chi connectivity index (χ2v) is 6.28. The molecule has 2 rings (SSSR count). The van der Waals surface area contributed by atoms with Crippen LogP contribution in [0.4, 0.5) is 9.18 Å². The summed E-state index contributed by atoms with van der Waals surface area (Å²) >= 11 is 3.17. The third-order valence-corrected chi connectivity index (χ3v) is 4.04. The van der Waals surface area contributed by atoms with Gasteiger partial charge in [0.25, 0.3) is 0 Å². The van der Waals surface area contributed by atoms with E-state index in [2.05, 4.69) is 26.6 Å². The zero-order valence-corrected chi connectivity index (χ0v) is 13.0. The predicted octanol–water partition coefficient (Wildman–Crippen LogP) is 2.64. The van der Waals surface area contributed by atoms with Crippen molar-refractivity contribution in [2.75, 3.05) is 0 Å². The van der Waals surface area contributed by atoms with E-state index in [1.165, 1.54) is 19.1 Å². The molecule has 0 radical (unpaired) electrons. The highest BCUT2D eigenvalue weighted by molar-refractivity contribution is 9.10. The van der Waals surface area contributed by atoms with Crippen LogP contribution in [0.3, 0.4) is 0 Å². The molecule has 1 saturated carbocycles. The average Bonchev–Trinajstić information content (AvgIpc) is 3.19. The number of carbonyl (C=O) groups excluding carboxylic acids is 1. The molecule has 2 amide bonds. The monoisotopic (exact) mass is 358 g/mol. The molecule has 1 aromatic carbocycles. The van der Waals surface area contributed by atoms with E-state index in [1.807, 2.05) is 0 Å². The Hall–Kier alpha value is -1.63. The van der Waals surface area contributed by atoms with Crippen LogP contribution in [-0.2, 0) is 11.3 Å². The molecule has 1 unspecified atom stereocenters. The first-order valence-corrected chi connectivity index (χ1v) is 7.35. The first-order valence-electron chi connectivity index (χ1n) is 6.55. The number of halogens is 2. The Morgan fingerprint density at radius 2 is 2.10 bits per heavy atom. The van der Waals surface area contributed by atoms with Gasteiger partial charge in [-0.3, -0.25) is 0 Å². The lowest BCUT2D eigenvalue weighted by Crippen LogP contribution is -2.56. The summed E-state index contributed by atoms with van der Waals surface area (Å²) in [5, 5.41) is 14.3. The number of carboxylic acid groups (broad SMARTS) is 1. The van der Waals surface area contributed by atoms with E-state index in [4.69, 9.17) is 0 Å². The van der Waals surface area contributed by atoms with E-state index in [1.54, 1.807) is 6.07 Å². The van der Waals surface area contributed by atoms with Crippen LogP contribution in [-0.4, -0.2) is 22.6 Å². The lowest BCUT2D eigenvalue weighted by Gasteiger charge is -2.26. The van der Waals surface area contributed by atoms with Crippen molar-refractivity contribution in [3.8, 4) is 0 Å². The Labute approximate surface area is 130 Å². The van der Waals surface area contributed by atoms with E-state index in [9.17, 15) is 19.1 Å². The number of benzene rings is 1. The number of hydrogen-bond acceptors (Lipinski definition) is 2. The van der Waals surface area contributed by atoms with Crippen molar-refractivity contribution in [3.05, 3.63) is 34.1 Å². The molecule has 0 saturated heterocycles. The van der Waals surface area contributed by atoms with Gasteiger partial charge in [-0.25, -0.2) is 14.0 Å². The van der Waals surface area contributed by atoms with Crippen molar-refractivity contribution < 1.29 is 19.1 Å². The van der Waals surface area contributed by atoms with Gasteiger partial charge in [-0.1, -0.05) is 15.9 Å². The van der Waals surface area contributed by atoms with Gasteiger partial charge < -0.3 is 15.7 Å². The molecule has 1 fully saturated rings. The Morgan fingerprint density at radius 3 is 2.62 bits per heavy atom. The summed E-state index contributed by atoms with van der Waals surface area (Å²) in [6.07, 6.45) is 1.58. The molecule has 1 aliphatic carbocycles. The molecule has 3 N–H and O–H groups in total. The first-order chi connectivity index (χ1) is 9.81. The van der Waals surface area contributed by atoms with Gasteiger partial charge in [-0.15, -0.1) is 0 Å². The predicted molar refractivity (Wildman–Crippen MR) is 78.2 cm³/mol. The summed E-state index contributed by atoms with van der Waals surface area (Å²) in [5.41, 5.74) is -0.674. The van der Waals surface area contributed by atoms with Crippen LogP contribution in [0.2, 0.25) is 0 Å². The van der Waals surface area contributed by atoms with Gasteiger partial charge in [0.1, 0.15) is 11.4 Å². The number of amides is 2. The highest BCUT2D eigenvalue weighted by atomic mass is 79.9. The molecule has 1 aromatic rings. The third-order valence-electron chi connectivity index (χ3n) is 3.59. The summed E-state index contributed by atoms with van der Waals surface area (Å²) < 4.78 is 13.8. The quantitative estimate of drug-likeness (QED) is 0.756. The molecule has 5 nitrogen and oxygen atoms in total. The number of nitrogens with one attached hydrogen (secondary N) is 2. The molecule has 0 heterocycles. The van der Waals surface area contributed by atoms with Crippen molar-refractivity contribution in [2.24, 2.45) is 5.92 Å². The Kier molecular flexibility index (Phi) is 4.51. The summed E-state index contributed by atoms with van der Waals surface area (Å²) in [6.45, 7) is 1.62. The number of aliphatic carboxylic acids is 1. The van der Waals surface area contributed by atoms with Gasteiger partial charge in [-0.05, 0) is 49.4 Å². The van der Waals surface area contributed by atoms with Gasteiger partial charge in [0.05, 0.1) is 0 Å². The Morgan fingerprint density at radius 1 is 1.43 bits per heavy atom. The Balaban J connectivity index is 1.94. The zero-order chi connectivity index (χ0) is 15.6. The highest BCUT2D eigenvalue weighted by Gasteiger charge is 2.48. The van der Waals surface area contributed by atoms with Crippen molar-refractivity contribution in [1.82, 2.24) is 10.6 Å². The number of urea groups is 1. The van der Waals surface area contributed by atoms with Gasteiger partial charge >= 0.3 is 12.0 Å². The minimum Gasteiger partial charge on any atom is -0.480 e. The molecule has 1 aliphatic rings. The van der Waals surface area contributed by atoms with Crippen molar-refractivity contribution in [1.29, 1.82) is 0 Å². The normalized spacial score (nSPS) is 16.9. The fourth-order valence-electron chi connectivity index (χ4n) is 2.17. The minimum absolute atomic E-state index is 0.0379. The number of carbonyl (C=O) groups is 2. The van der Waals surface area contributed by atoms with Gasteiger partial charge in [0.2, 0.25) is 0 Å². The van der Waals surface area contributed by atoms with Gasteiger partial charge in [-0.2, -0.15) is 0 Å². The third kappa shape index (κ3) is 3.93. The number of carboxylic acids is 1. The topological polar surface area (TPSA) is 78.4 Å². The van der Waals surface area contributed by atoms with Crippen LogP contribution < -0.4 is 10.6 Å². The van der Waals surface area contributed by atoms with Crippen LogP contribution >= 0.6 is 15.9 Å². The lowest BCUT2D eigenvalue weighted by molar-refractivity contribution is -0.144. The molecule has 21 heavy (non-hydrogen) atoms. The summed E-state index contributed by atoms with van der Waals surface area (Å²) in [7, 11) is 0. The van der Waals surface area contributed by atoms with Crippen LogP contribution in [0, 0.1) is 11.7 Å². The molecule has 0 bridgehead atoms. The van der Waals surface area contributed by atoms with E-state index in [0.29, 0.717) is 10.0 Å². The smallest absolute Gasteiger partial charge is 0.329 e.